The fourth-order valence-corrected chi connectivity index (χ4v) is 2.03. The van der Waals surface area contributed by atoms with Crippen LogP contribution in [0, 0.1) is 0 Å². The van der Waals surface area contributed by atoms with Crippen LogP contribution in [0.2, 0.25) is 5.02 Å². The van der Waals surface area contributed by atoms with Gasteiger partial charge in [0.2, 0.25) is 0 Å². The van der Waals surface area contributed by atoms with Gasteiger partial charge in [0.25, 0.3) is 0 Å². The summed E-state index contributed by atoms with van der Waals surface area (Å²) in [6.45, 7) is 2.54. The van der Waals surface area contributed by atoms with Gasteiger partial charge in [-0.1, -0.05) is 23.7 Å². The number of carbonyl (C=O) groups excluding carboxylic acids is 1. The summed E-state index contributed by atoms with van der Waals surface area (Å²) < 4.78 is 1.61. The van der Waals surface area contributed by atoms with Gasteiger partial charge in [-0.25, -0.2) is 0 Å². The number of anilines is 1. The zero-order chi connectivity index (χ0) is 13.1. The second-order valence-corrected chi connectivity index (χ2v) is 4.41. The minimum absolute atomic E-state index is 0.0379. The van der Waals surface area contributed by atoms with Crippen molar-refractivity contribution in [1.29, 1.82) is 0 Å². The molecule has 0 saturated carbocycles. The highest BCUT2D eigenvalue weighted by Gasteiger charge is 2.16. The van der Waals surface area contributed by atoms with Crippen LogP contribution in [-0.2, 0) is 13.0 Å². The van der Waals surface area contributed by atoms with Crippen molar-refractivity contribution >= 4 is 23.1 Å². The molecule has 1 aromatic heterocycles. The number of hydrogen-bond acceptors (Lipinski definition) is 3. The van der Waals surface area contributed by atoms with E-state index in [0.717, 1.165) is 5.56 Å². The molecule has 2 N–H and O–H groups in total. The van der Waals surface area contributed by atoms with E-state index < -0.39 is 0 Å². The van der Waals surface area contributed by atoms with Crippen molar-refractivity contribution < 1.29 is 4.79 Å². The van der Waals surface area contributed by atoms with Gasteiger partial charge in [0, 0.05) is 18.7 Å². The lowest BCUT2D eigenvalue weighted by molar-refractivity contribution is 0.0983. The maximum absolute atomic E-state index is 12.2. The largest absolute Gasteiger partial charge is 0.399 e. The molecule has 2 aromatic rings. The monoisotopic (exact) mass is 263 g/mol. The van der Waals surface area contributed by atoms with Gasteiger partial charge in [-0.2, -0.15) is 5.10 Å². The molecule has 4 nitrogen and oxygen atoms in total. The van der Waals surface area contributed by atoms with Crippen molar-refractivity contribution in [2.75, 3.05) is 5.73 Å². The molecule has 1 heterocycles. The van der Waals surface area contributed by atoms with Gasteiger partial charge in [-0.05, 0) is 24.6 Å². The number of aryl methyl sites for hydroxylation is 1. The Bertz CT molecular complexity index is 560. The molecular formula is C13H14ClN3O. The van der Waals surface area contributed by atoms with Crippen LogP contribution in [0.15, 0.2) is 30.5 Å². The lowest BCUT2D eigenvalue weighted by atomic mass is 10.1. The van der Waals surface area contributed by atoms with Crippen LogP contribution in [0.25, 0.3) is 0 Å². The molecular weight excluding hydrogens is 250 g/mol. The second kappa shape index (κ2) is 5.23. The molecule has 0 saturated heterocycles. The zero-order valence-corrected chi connectivity index (χ0v) is 10.8. The smallest absolute Gasteiger partial charge is 0.186 e. The molecule has 0 radical (unpaired) electrons. The average Bonchev–Trinajstić information content (AvgIpc) is 2.73. The molecule has 0 unspecified atom stereocenters. The Morgan fingerprint density at radius 3 is 2.67 bits per heavy atom. The Morgan fingerprint density at radius 1 is 1.39 bits per heavy atom. The Morgan fingerprint density at radius 2 is 2.06 bits per heavy atom. The molecule has 0 fully saturated rings. The van der Waals surface area contributed by atoms with Crippen LogP contribution in [0.4, 0.5) is 5.69 Å². The van der Waals surface area contributed by atoms with Crippen molar-refractivity contribution in [3.63, 3.8) is 0 Å². The molecule has 0 aliphatic rings. The van der Waals surface area contributed by atoms with Crippen molar-refractivity contribution in [3.8, 4) is 0 Å². The standard InChI is InChI=1S/C13H14ClN3O/c1-2-17-13(11(14)8-16-17)12(18)7-9-3-5-10(15)6-4-9/h3-6,8H,2,7,15H2,1H3. The number of halogens is 1. The number of carbonyl (C=O) groups is 1. The van der Waals surface area contributed by atoms with E-state index in [1.807, 2.05) is 19.1 Å². The fourth-order valence-electron chi connectivity index (χ4n) is 1.78. The number of nitrogen functional groups attached to an aromatic ring is 1. The molecule has 1 aromatic carbocycles. The molecule has 0 bridgehead atoms. The SMILES string of the molecule is CCn1ncc(Cl)c1C(=O)Cc1ccc(N)cc1. The first-order valence-corrected chi connectivity index (χ1v) is 6.08. The molecule has 94 valence electrons. The van der Waals surface area contributed by atoms with E-state index in [0.29, 0.717) is 29.4 Å². The van der Waals surface area contributed by atoms with E-state index in [1.54, 1.807) is 16.8 Å². The summed E-state index contributed by atoms with van der Waals surface area (Å²) >= 11 is 5.99. The molecule has 0 aliphatic carbocycles. The molecule has 18 heavy (non-hydrogen) atoms. The van der Waals surface area contributed by atoms with E-state index in [9.17, 15) is 4.79 Å². The van der Waals surface area contributed by atoms with Crippen molar-refractivity contribution in [2.24, 2.45) is 0 Å². The lowest BCUT2D eigenvalue weighted by Crippen LogP contribution is -2.12. The lowest BCUT2D eigenvalue weighted by Gasteiger charge is -2.05. The number of aromatic nitrogens is 2. The van der Waals surface area contributed by atoms with E-state index in [-0.39, 0.29) is 5.78 Å². The highest BCUT2D eigenvalue weighted by molar-refractivity contribution is 6.33. The first kappa shape index (κ1) is 12.6. The maximum atomic E-state index is 12.2. The second-order valence-electron chi connectivity index (χ2n) is 4.00. The normalized spacial score (nSPS) is 10.6. The average molecular weight is 264 g/mol. The predicted octanol–water partition coefficient (Wildman–Crippen LogP) is 2.56. The van der Waals surface area contributed by atoms with Gasteiger partial charge >= 0.3 is 0 Å². The Balaban J connectivity index is 2.21. The third-order valence-corrected chi connectivity index (χ3v) is 2.98. The number of Topliss-reactive ketones (excluding diaryl/α,β-unsaturated/α-hetero) is 1. The summed E-state index contributed by atoms with van der Waals surface area (Å²) in [6.07, 6.45) is 1.80. The van der Waals surface area contributed by atoms with Crippen molar-refractivity contribution in [1.82, 2.24) is 9.78 Å². The van der Waals surface area contributed by atoms with Crippen LogP contribution in [0.1, 0.15) is 23.0 Å². The van der Waals surface area contributed by atoms with Gasteiger partial charge in [0.1, 0.15) is 5.69 Å². The molecule has 5 heteroatoms. The summed E-state index contributed by atoms with van der Waals surface area (Å²) in [4.78, 5) is 12.2. The van der Waals surface area contributed by atoms with Gasteiger partial charge < -0.3 is 5.73 Å². The summed E-state index contributed by atoms with van der Waals surface area (Å²) in [6, 6.07) is 7.24. The number of nitrogens with zero attached hydrogens (tertiary/aromatic N) is 2. The van der Waals surface area contributed by atoms with E-state index in [4.69, 9.17) is 17.3 Å². The van der Waals surface area contributed by atoms with Crippen molar-refractivity contribution in [3.05, 3.63) is 46.7 Å². The maximum Gasteiger partial charge on any atom is 0.186 e. The predicted molar refractivity (Wildman–Crippen MR) is 71.8 cm³/mol. The highest BCUT2D eigenvalue weighted by atomic mass is 35.5. The molecule has 0 aliphatic heterocycles. The Hall–Kier alpha value is -1.81. The van der Waals surface area contributed by atoms with E-state index in [2.05, 4.69) is 5.10 Å². The minimum atomic E-state index is -0.0379. The highest BCUT2D eigenvalue weighted by Crippen LogP contribution is 2.18. The van der Waals surface area contributed by atoms with E-state index >= 15 is 0 Å². The number of hydrogen-bond donors (Lipinski definition) is 1. The first-order chi connectivity index (χ1) is 8.61. The van der Waals surface area contributed by atoms with Crippen LogP contribution < -0.4 is 5.73 Å². The molecule has 0 spiro atoms. The molecule has 2 rings (SSSR count). The van der Waals surface area contributed by atoms with Gasteiger partial charge in [-0.15, -0.1) is 0 Å². The van der Waals surface area contributed by atoms with Gasteiger partial charge in [0.15, 0.2) is 5.78 Å². The minimum Gasteiger partial charge on any atom is -0.399 e. The van der Waals surface area contributed by atoms with Gasteiger partial charge in [0.05, 0.1) is 11.2 Å². The summed E-state index contributed by atoms with van der Waals surface area (Å²) in [5.41, 5.74) is 7.66. The fraction of sp³-hybridized carbons (Fsp3) is 0.231. The first-order valence-electron chi connectivity index (χ1n) is 5.70. The number of ketones is 1. The number of benzene rings is 1. The molecule has 0 amide bonds. The summed E-state index contributed by atoms with van der Waals surface area (Å²) in [5.74, 6) is -0.0379. The zero-order valence-electron chi connectivity index (χ0n) is 10.1. The summed E-state index contributed by atoms with van der Waals surface area (Å²) in [7, 11) is 0. The van der Waals surface area contributed by atoms with Crippen molar-refractivity contribution in [2.45, 2.75) is 19.9 Å². The van der Waals surface area contributed by atoms with E-state index in [1.165, 1.54) is 6.20 Å². The topological polar surface area (TPSA) is 60.9 Å². The van der Waals surface area contributed by atoms with Crippen LogP contribution >= 0.6 is 11.6 Å². The third kappa shape index (κ3) is 2.54. The Kier molecular flexibility index (Phi) is 3.67. The Labute approximate surface area is 110 Å². The van der Waals surface area contributed by atoms with Crippen LogP contribution in [0.3, 0.4) is 0 Å². The quantitative estimate of drug-likeness (QED) is 0.681. The molecule has 0 atom stereocenters. The number of nitrogens with two attached hydrogens (primary N) is 1. The van der Waals surface area contributed by atoms with Gasteiger partial charge in [-0.3, -0.25) is 9.48 Å². The number of rotatable bonds is 4. The van der Waals surface area contributed by atoms with Crippen LogP contribution in [0.5, 0.6) is 0 Å². The van der Waals surface area contributed by atoms with Crippen LogP contribution in [-0.4, -0.2) is 15.6 Å². The summed E-state index contributed by atoms with van der Waals surface area (Å²) in [5, 5.41) is 4.46. The third-order valence-electron chi connectivity index (χ3n) is 2.70.